The molecule has 15 heavy (non-hydrogen) atoms. The van der Waals surface area contributed by atoms with Gasteiger partial charge in [-0.15, -0.1) is 6.58 Å². The SMILES string of the molecule is C=CCO[C@@H]1CC=CC[C@@H](OC(C)=O)C1. The van der Waals surface area contributed by atoms with Crippen molar-refractivity contribution < 1.29 is 14.3 Å². The van der Waals surface area contributed by atoms with E-state index < -0.39 is 0 Å². The summed E-state index contributed by atoms with van der Waals surface area (Å²) in [5, 5.41) is 0. The smallest absolute Gasteiger partial charge is 0.302 e. The summed E-state index contributed by atoms with van der Waals surface area (Å²) >= 11 is 0. The Morgan fingerprint density at radius 3 is 2.73 bits per heavy atom. The lowest BCUT2D eigenvalue weighted by Crippen LogP contribution is -2.23. The first kappa shape index (κ1) is 12.0. The number of hydrogen-bond donors (Lipinski definition) is 0. The highest BCUT2D eigenvalue weighted by Crippen LogP contribution is 2.18. The molecule has 0 heterocycles. The number of carbonyl (C=O) groups is 1. The lowest BCUT2D eigenvalue weighted by molar-refractivity contribution is -0.147. The quantitative estimate of drug-likeness (QED) is 0.527. The van der Waals surface area contributed by atoms with Gasteiger partial charge in [-0.25, -0.2) is 0 Å². The summed E-state index contributed by atoms with van der Waals surface area (Å²) in [5.74, 6) is -0.224. The minimum atomic E-state index is -0.224. The van der Waals surface area contributed by atoms with Crippen LogP contribution in [-0.4, -0.2) is 24.8 Å². The predicted molar refractivity (Wildman–Crippen MR) is 58.5 cm³/mol. The fourth-order valence-electron chi connectivity index (χ4n) is 1.65. The third kappa shape index (κ3) is 4.79. The van der Waals surface area contributed by atoms with E-state index >= 15 is 0 Å². The molecule has 0 saturated heterocycles. The van der Waals surface area contributed by atoms with Gasteiger partial charge in [-0.2, -0.15) is 0 Å². The number of rotatable bonds is 4. The van der Waals surface area contributed by atoms with Crippen molar-refractivity contribution >= 4 is 5.97 Å². The summed E-state index contributed by atoms with van der Waals surface area (Å²) in [6.07, 6.45) is 8.37. The second-order valence-corrected chi connectivity index (χ2v) is 3.65. The zero-order valence-corrected chi connectivity index (χ0v) is 9.15. The Kier molecular flexibility index (Phi) is 5.12. The molecule has 0 bridgehead atoms. The summed E-state index contributed by atoms with van der Waals surface area (Å²) < 4.78 is 10.7. The van der Waals surface area contributed by atoms with E-state index in [1.54, 1.807) is 6.08 Å². The number of hydrogen-bond acceptors (Lipinski definition) is 3. The van der Waals surface area contributed by atoms with E-state index in [0.29, 0.717) is 6.61 Å². The highest BCUT2D eigenvalue weighted by molar-refractivity contribution is 5.66. The first-order valence-electron chi connectivity index (χ1n) is 5.27. The van der Waals surface area contributed by atoms with Gasteiger partial charge in [0.25, 0.3) is 0 Å². The number of carbonyl (C=O) groups excluding carboxylic acids is 1. The Hall–Kier alpha value is -1.09. The van der Waals surface area contributed by atoms with Gasteiger partial charge in [-0.1, -0.05) is 18.2 Å². The second-order valence-electron chi connectivity index (χ2n) is 3.65. The van der Waals surface area contributed by atoms with Crippen molar-refractivity contribution in [3.05, 3.63) is 24.8 Å². The molecule has 0 aliphatic heterocycles. The van der Waals surface area contributed by atoms with Crippen molar-refractivity contribution in [3.63, 3.8) is 0 Å². The molecule has 0 radical (unpaired) electrons. The molecule has 84 valence electrons. The van der Waals surface area contributed by atoms with Crippen molar-refractivity contribution in [2.75, 3.05) is 6.61 Å². The Labute approximate surface area is 90.8 Å². The molecule has 0 aromatic heterocycles. The van der Waals surface area contributed by atoms with Crippen LogP contribution in [0, 0.1) is 0 Å². The predicted octanol–water partition coefficient (Wildman–Crippen LogP) is 2.23. The van der Waals surface area contributed by atoms with Gasteiger partial charge in [-0.05, 0) is 6.42 Å². The van der Waals surface area contributed by atoms with Crippen molar-refractivity contribution in [3.8, 4) is 0 Å². The summed E-state index contributed by atoms with van der Waals surface area (Å²) in [7, 11) is 0. The van der Waals surface area contributed by atoms with Gasteiger partial charge >= 0.3 is 5.97 Å². The van der Waals surface area contributed by atoms with Crippen molar-refractivity contribution in [1.29, 1.82) is 0 Å². The maximum absolute atomic E-state index is 10.8. The lowest BCUT2D eigenvalue weighted by Gasteiger charge is -2.19. The molecule has 0 spiro atoms. The molecule has 3 nitrogen and oxygen atoms in total. The van der Waals surface area contributed by atoms with Gasteiger partial charge in [0, 0.05) is 19.8 Å². The van der Waals surface area contributed by atoms with Crippen LogP contribution in [0.15, 0.2) is 24.8 Å². The van der Waals surface area contributed by atoms with E-state index in [1.165, 1.54) is 6.92 Å². The average molecular weight is 210 g/mol. The Bertz CT molecular complexity index is 245. The second kappa shape index (κ2) is 6.40. The average Bonchev–Trinajstić information content (AvgIpc) is 2.39. The molecular weight excluding hydrogens is 192 g/mol. The van der Waals surface area contributed by atoms with Crippen molar-refractivity contribution in [2.24, 2.45) is 0 Å². The van der Waals surface area contributed by atoms with Crippen molar-refractivity contribution in [2.45, 2.75) is 38.4 Å². The molecular formula is C12H18O3. The minimum absolute atomic E-state index is 0.0453. The monoisotopic (exact) mass is 210 g/mol. The molecule has 0 unspecified atom stereocenters. The molecule has 0 aromatic rings. The maximum atomic E-state index is 10.8. The summed E-state index contributed by atoms with van der Waals surface area (Å²) in [5.41, 5.74) is 0. The third-order valence-electron chi connectivity index (χ3n) is 2.27. The first-order chi connectivity index (χ1) is 7.22. The summed E-state index contributed by atoms with van der Waals surface area (Å²) in [6.45, 7) is 5.59. The van der Waals surface area contributed by atoms with Gasteiger partial charge in [0.15, 0.2) is 0 Å². The van der Waals surface area contributed by atoms with E-state index in [2.05, 4.69) is 12.7 Å². The highest BCUT2D eigenvalue weighted by atomic mass is 16.5. The standard InChI is InChI=1S/C12H18O3/c1-3-8-14-11-6-4-5-7-12(9-11)15-10(2)13/h3-5,11-12H,1,6-9H2,2H3/t11-,12-/m1/s1. The molecule has 1 aliphatic carbocycles. The first-order valence-corrected chi connectivity index (χ1v) is 5.27. The fraction of sp³-hybridized carbons (Fsp3) is 0.583. The summed E-state index contributed by atoms with van der Waals surface area (Å²) in [4.78, 5) is 10.8. The molecule has 2 atom stereocenters. The normalized spacial score (nSPS) is 25.7. The van der Waals surface area contributed by atoms with Crippen LogP contribution in [-0.2, 0) is 14.3 Å². The van der Waals surface area contributed by atoms with Crippen LogP contribution in [0.5, 0.6) is 0 Å². The Morgan fingerprint density at radius 1 is 1.47 bits per heavy atom. The Morgan fingerprint density at radius 2 is 2.13 bits per heavy atom. The minimum Gasteiger partial charge on any atom is -0.462 e. The lowest BCUT2D eigenvalue weighted by atomic mass is 10.1. The van der Waals surface area contributed by atoms with Crippen LogP contribution in [0.25, 0.3) is 0 Å². The van der Waals surface area contributed by atoms with Crippen molar-refractivity contribution in [1.82, 2.24) is 0 Å². The van der Waals surface area contributed by atoms with Gasteiger partial charge in [-0.3, -0.25) is 4.79 Å². The fourth-order valence-corrected chi connectivity index (χ4v) is 1.65. The van der Waals surface area contributed by atoms with Crippen LogP contribution < -0.4 is 0 Å². The van der Waals surface area contributed by atoms with Gasteiger partial charge in [0.2, 0.25) is 0 Å². The van der Waals surface area contributed by atoms with Crippen LogP contribution in [0.2, 0.25) is 0 Å². The van der Waals surface area contributed by atoms with E-state index in [9.17, 15) is 4.79 Å². The molecule has 1 aliphatic rings. The number of ether oxygens (including phenoxy) is 2. The van der Waals surface area contributed by atoms with Gasteiger partial charge in [0.05, 0.1) is 12.7 Å². The molecule has 1 rings (SSSR count). The van der Waals surface area contributed by atoms with Crippen LogP contribution >= 0.6 is 0 Å². The van der Waals surface area contributed by atoms with Crippen LogP contribution in [0.1, 0.15) is 26.2 Å². The number of esters is 1. The van der Waals surface area contributed by atoms with Crippen LogP contribution in [0.3, 0.4) is 0 Å². The molecule has 0 N–H and O–H groups in total. The zero-order chi connectivity index (χ0) is 11.1. The van der Waals surface area contributed by atoms with E-state index in [-0.39, 0.29) is 18.2 Å². The molecule has 3 heteroatoms. The van der Waals surface area contributed by atoms with E-state index in [4.69, 9.17) is 9.47 Å². The van der Waals surface area contributed by atoms with Gasteiger partial charge in [0.1, 0.15) is 6.10 Å². The molecule has 0 aromatic carbocycles. The highest BCUT2D eigenvalue weighted by Gasteiger charge is 2.19. The van der Waals surface area contributed by atoms with E-state index in [0.717, 1.165) is 19.3 Å². The maximum Gasteiger partial charge on any atom is 0.302 e. The van der Waals surface area contributed by atoms with E-state index in [1.807, 2.05) is 6.08 Å². The molecule has 0 saturated carbocycles. The molecule has 0 fully saturated rings. The summed E-state index contributed by atoms with van der Waals surface area (Å²) in [6, 6.07) is 0. The Balaban J connectivity index is 2.42. The molecule has 0 amide bonds. The largest absolute Gasteiger partial charge is 0.462 e. The topological polar surface area (TPSA) is 35.5 Å². The zero-order valence-electron chi connectivity index (χ0n) is 9.15. The van der Waals surface area contributed by atoms with Gasteiger partial charge < -0.3 is 9.47 Å². The van der Waals surface area contributed by atoms with Crippen LogP contribution in [0.4, 0.5) is 0 Å². The third-order valence-corrected chi connectivity index (χ3v) is 2.27.